The van der Waals surface area contributed by atoms with Crippen molar-refractivity contribution in [3.63, 3.8) is 0 Å². The first-order valence-electron chi connectivity index (χ1n) is 7.73. The van der Waals surface area contributed by atoms with Crippen LogP contribution in [0, 0.1) is 10.1 Å². The third-order valence-corrected chi connectivity index (χ3v) is 4.63. The van der Waals surface area contributed by atoms with Crippen molar-refractivity contribution in [3.8, 4) is 0 Å². The van der Waals surface area contributed by atoms with E-state index in [-0.39, 0.29) is 27.7 Å². The Labute approximate surface area is 158 Å². The molecular weight excluding hydrogens is 404 g/mol. The Morgan fingerprint density at radius 2 is 1.88 bits per heavy atom. The summed E-state index contributed by atoms with van der Waals surface area (Å²) in [5.74, 6) is -1.17. The molecule has 0 N–H and O–H groups in total. The Morgan fingerprint density at radius 3 is 2.50 bits per heavy atom. The van der Waals surface area contributed by atoms with E-state index < -0.39 is 17.5 Å². The first-order chi connectivity index (χ1) is 12.3. The molecule has 2 aromatic carbocycles. The highest BCUT2D eigenvalue weighted by Crippen LogP contribution is 2.26. The lowest BCUT2D eigenvalue weighted by molar-refractivity contribution is -0.385. The molecule has 0 spiro atoms. The van der Waals surface area contributed by atoms with Gasteiger partial charge >= 0.3 is 5.97 Å². The maximum Gasteiger partial charge on any atom is 0.338 e. The lowest BCUT2D eigenvalue weighted by atomic mass is 10.1. The lowest BCUT2D eigenvalue weighted by Gasteiger charge is -2.25. The van der Waals surface area contributed by atoms with E-state index in [0.29, 0.717) is 0 Å². The summed E-state index contributed by atoms with van der Waals surface area (Å²) in [5.41, 5.74) is 0.713. The normalized spacial score (nSPS) is 11.5. The van der Waals surface area contributed by atoms with Gasteiger partial charge in [-0.15, -0.1) is 0 Å². The predicted molar refractivity (Wildman–Crippen MR) is 98.7 cm³/mol. The average Bonchev–Trinajstić information content (AvgIpc) is 2.65. The fraction of sp³-hybridized carbons (Fsp3) is 0.222. The van der Waals surface area contributed by atoms with Crippen molar-refractivity contribution in [1.82, 2.24) is 4.90 Å². The average molecular weight is 421 g/mol. The van der Waals surface area contributed by atoms with Gasteiger partial charge in [0.05, 0.1) is 21.0 Å². The molecule has 0 saturated carbocycles. The molecule has 26 heavy (non-hydrogen) atoms. The second-order valence-corrected chi connectivity index (χ2v) is 6.45. The fourth-order valence-corrected chi connectivity index (χ4v) is 2.65. The van der Waals surface area contributed by atoms with Crippen molar-refractivity contribution in [2.24, 2.45) is 0 Å². The number of carbonyl (C=O) groups excluding carboxylic acids is 2. The smallest absolute Gasteiger partial charge is 0.338 e. The largest absolute Gasteiger partial charge is 0.452 e. The first kappa shape index (κ1) is 19.6. The summed E-state index contributed by atoms with van der Waals surface area (Å²) in [6.07, 6.45) is 0. The number of nitro groups is 1. The van der Waals surface area contributed by atoms with Gasteiger partial charge in [0.15, 0.2) is 6.61 Å². The van der Waals surface area contributed by atoms with Crippen molar-refractivity contribution in [2.45, 2.75) is 13.0 Å². The third-order valence-electron chi connectivity index (χ3n) is 3.96. The number of ether oxygens (including phenoxy) is 1. The number of benzene rings is 2. The monoisotopic (exact) mass is 420 g/mol. The quantitative estimate of drug-likeness (QED) is 0.403. The molecule has 1 atom stereocenters. The van der Waals surface area contributed by atoms with Crippen LogP contribution in [0.1, 0.15) is 28.9 Å². The zero-order valence-corrected chi connectivity index (χ0v) is 15.8. The highest BCUT2D eigenvalue weighted by Gasteiger charge is 2.21. The Morgan fingerprint density at radius 1 is 1.23 bits per heavy atom. The highest BCUT2D eigenvalue weighted by atomic mass is 79.9. The molecule has 0 aliphatic carbocycles. The van der Waals surface area contributed by atoms with Gasteiger partial charge in [0.1, 0.15) is 0 Å². The molecule has 8 heteroatoms. The van der Waals surface area contributed by atoms with Gasteiger partial charge in [0.25, 0.3) is 11.6 Å². The van der Waals surface area contributed by atoms with E-state index in [1.54, 1.807) is 7.05 Å². The van der Waals surface area contributed by atoms with Crippen LogP contribution in [-0.2, 0) is 9.53 Å². The van der Waals surface area contributed by atoms with Gasteiger partial charge in [-0.05, 0) is 40.5 Å². The molecule has 0 aliphatic heterocycles. The van der Waals surface area contributed by atoms with Gasteiger partial charge in [-0.1, -0.05) is 30.3 Å². The molecule has 0 aromatic heterocycles. The maximum absolute atomic E-state index is 12.3. The van der Waals surface area contributed by atoms with Crippen LogP contribution < -0.4 is 0 Å². The Bertz CT molecular complexity index is 826. The fourth-order valence-electron chi connectivity index (χ4n) is 2.26. The number of halogens is 1. The minimum atomic E-state index is -0.797. The van der Waals surface area contributed by atoms with Gasteiger partial charge < -0.3 is 9.64 Å². The number of carbonyl (C=O) groups is 2. The topological polar surface area (TPSA) is 89.8 Å². The number of esters is 1. The second-order valence-electron chi connectivity index (χ2n) is 5.59. The highest BCUT2D eigenvalue weighted by molar-refractivity contribution is 9.10. The lowest BCUT2D eigenvalue weighted by Crippen LogP contribution is -2.33. The van der Waals surface area contributed by atoms with E-state index in [0.717, 1.165) is 11.6 Å². The van der Waals surface area contributed by atoms with Crippen LogP contribution in [0.2, 0.25) is 0 Å². The van der Waals surface area contributed by atoms with Crippen LogP contribution in [0.4, 0.5) is 5.69 Å². The minimum Gasteiger partial charge on any atom is -0.452 e. The van der Waals surface area contributed by atoms with Crippen molar-refractivity contribution < 1.29 is 19.2 Å². The summed E-state index contributed by atoms with van der Waals surface area (Å²) >= 11 is 3.04. The predicted octanol–water partition coefficient (Wildman–Crippen LogP) is 3.73. The molecule has 1 amide bonds. The van der Waals surface area contributed by atoms with E-state index in [1.807, 2.05) is 37.3 Å². The molecule has 0 radical (unpaired) electrons. The van der Waals surface area contributed by atoms with Crippen LogP contribution in [0.15, 0.2) is 53.0 Å². The maximum atomic E-state index is 12.3. The standard InChI is InChI=1S/C18H17BrN2O5/c1-12(13-6-4-3-5-7-13)20(2)17(22)11-26-18(23)14-8-9-15(19)16(10-14)21(24)25/h3-10,12H,11H2,1-2H3. The summed E-state index contributed by atoms with van der Waals surface area (Å²) in [6.45, 7) is 1.42. The summed E-state index contributed by atoms with van der Waals surface area (Å²) in [7, 11) is 1.62. The van der Waals surface area contributed by atoms with Gasteiger partial charge in [0, 0.05) is 13.1 Å². The molecule has 0 aliphatic rings. The van der Waals surface area contributed by atoms with E-state index in [4.69, 9.17) is 4.74 Å². The number of nitro benzene ring substituents is 1. The number of amides is 1. The molecule has 0 bridgehead atoms. The van der Waals surface area contributed by atoms with Crippen molar-refractivity contribution in [3.05, 3.63) is 74.2 Å². The van der Waals surface area contributed by atoms with Crippen LogP contribution in [0.3, 0.4) is 0 Å². The summed E-state index contributed by atoms with van der Waals surface area (Å²) in [4.78, 5) is 36.1. The molecule has 0 saturated heterocycles. The number of nitrogens with zero attached hydrogens (tertiary/aromatic N) is 2. The van der Waals surface area contributed by atoms with Crippen molar-refractivity contribution >= 4 is 33.5 Å². The van der Waals surface area contributed by atoms with E-state index in [9.17, 15) is 19.7 Å². The molecule has 2 rings (SSSR count). The number of rotatable bonds is 6. The van der Waals surface area contributed by atoms with E-state index >= 15 is 0 Å². The SMILES string of the molecule is CC(c1ccccc1)N(C)C(=O)COC(=O)c1ccc(Br)c([N+](=O)[O-])c1. The van der Waals surface area contributed by atoms with Gasteiger partial charge in [0.2, 0.25) is 0 Å². The third kappa shape index (κ3) is 4.66. The van der Waals surface area contributed by atoms with E-state index in [1.165, 1.54) is 17.0 Å². The molecule has 0 heterocycles. The Balaban J connectivity index is 1.99. The molecule has 0 fully saturated rings. The zero-order chi connectivity index (χ0) is 19.3. The Kier molecular flexibility index (Phi) is 6.46. The van der Waals surface area contributed by atoms with E-state index in [2.05, 4.69) is 15.9 Å². The van der Waals surface area contributed by atoms with Crippen LogP contribution >= 0.6 is 15.9 Å². The van der Waals surface area contributed by atoms with Crippen LogP contribution in [0.25, 0.3) is 0 Å². The van der Waals surface area contributed by atoms with Gasteiger partial charge in [-0.25, -0.2) is 4.79 Å². The first-order valence-corrected chi connectivity index (χ1v) is 8.52. The number of hydrogen-bond acceptors (Lipinski definition) is 5. The summed E-state index contributed by atoms with van der Waals surface area (Å²) in [5, 5.41) is 10.9. The summed E-state index contributed by atoms with van der Waals surface area (Å²) < 4.78 is 5.26. The number of likely N-dealkylation sites (N-methyl/N-ethyl adjacent to an activating group) is 1. The van der Waals surface area contributed by atoms with Crippen LogP contribution in [-0.4, -0.2) is 35.4 Å². The van der Waals surface area contributed by atoms with Crippen molar-refractivity contribution in [2.75, 3.05) is 13.7 Å². The second kappa shape index (κ2) is 8.57. The zero-order valence-electron chi connectivity index (χ0n) is 14.2. The molecule has 2 aromatic rings. The molecule has 1 unspecified atom stereocenters. The van der Waals surface area contributed by atoms with Crippen molar-refractivity contribution in [1.29, 1.82) is 0 Å². The molecule has 136 valence electrons. The van der Waals surface area contributed by atoms with Gasteiger partial charge in [-0.3, -0.25) is 14.9 Å². The Hall–Kier alpha value is -2.74. The number of hydrogen-bond donors (Lipinski definition) is 0. The van der Waals surface area contributed by atoms with Gasteiger partial charge in [-0.2, -0.15) is 0 Å². The summed E-state index contributed by atoms with van der Waals surface area (Å²) in [6, 6.07) is 13.2. The minimum absolute atomic E-state index is 0.00598. The molecular formula is C18H17BrN2O5. The van der Waals surface area contributed by atoms with Crippen LogP contribution in [0.5, 0.6) is 0 Å². The molecule has 7 nitrogen and oxygen atoms in total.